The van der Waals surface area contributed by atoms with Gasteiger partial charge in [0.15, 0.2) is 0 Å². The summed E-state index contributed by atoms with van der Waals surface area (Å²) in [6.45, 7) is 3.68. The maximum atomic E-state index is 12.6. The monoisotopic (exact) mass is 346 g/mol. The standard InChI is InChI=1S/C20H18N4O2/c1-13-7-5-11-17(21-13)23-19(25)15-9-3-4-10-16(15)20(26)24-18-12-6-8-14(2)22-18/h3-12H,1-2H3,(H,21,23,25)(H,22,24,26). The van der Waals surface area contributed by atoms with Crippen molar-refractivity contribution in [1.82, 2.24) is 9.97 Å². The van der Waals surface area contributed by atoms with Crippen LogP contribution in [0.1, 0.15) is 32.1 Å². The third kappa shape index (κ3) is 4.10. The van der Waals surface area contributed by atoms with Gasteiger partial charge in [0.25, 0.3) is 11.8 Å². The molecule has 0 bridgehead atoms. The summed E-state index contributed by atoms with van der Waals surface area (Å²) in [6, 6.07) is 17.3. The van der Waals surface area contributed by atoms with E-state index in [1.165, 1.54) is 0 Å². The molecule has 0 atom stereocenters. The molecule has 0 aliphatic heterocycles. The zero-order valence-electron chi connectivity index (χ0n) is 14.5. The Morgan fingerprint density at radius 2 is 1.08 bits per heavy atom. The zero-order chi connectivity index (χ0) is 18.5. The smallest absolute Gasteiger partial charge is 0.257 e. The van der Waals surface area contributed by atoms with Crippen LogP contribution in [0.4, 0.5) is 11.6 Å². The number of nitrogens with zero attached hydrogens (tertiary/aromatic N) is 2. The highest BCUT2D eigenvalue weighted by molar-refractivity contribution is 6.14. The molecule has 0 saturated carbocycles. The maximum absolute atomic E-state index is 12.6. The van der Waals surface area contributed by atoms with E-state index in [0.717, 1.165) is 11.4 Å². The first-order chi connectivity index (χ1) is 12.5. The predicted molar refractivity (Wildman–Crippen MR) is 100 cm³/mol. The summed E-state index contributed by atoms with van der Waals surface area (Å²) in [7, 11) is 0. The molecule has 0 spiro atoms. The molecule has 0 aliphatic carbocycles. The number of rotatable bonds is 4. The van der Waals surface area contributed by atoms with E-state index in [0.29, 0.717) is 11.6 Å². The molecule has 2 amide bonds. The molecule has 2 heterocycles. The van der Waals surface area contributed by atoms with Crippen LogP contribution in [-0.2, 0) is 0 Å². The second-order valence-electron chi connectivity index (χ2n) is 5.78. The Hall–Kier alpha value is -3.54. The van der Waals surface area contributed by atoms with Gasteiger partial charge in [0, 0.05) is 11.4 Å². The second-order valence-corrected chi connectivity index (χ2v) is 5.78. The highest BCUT2D eigenvalue weighted by Gasteiger charge is 2.17. The van der Waals surface area contributed by atoms with E-state index in [1.54, 1.807) is 48.5 Å². The predicted octanol–water partition coefficient (Wildman–Crippen LogP) is 3.60. The molecule has 0 unspecified atom stereocenters. The van der Waals surface area contributed by atoms with Crippen LogP contribution in [0.3, 0.4) is 0 Å². The Bertz CT molecular complexity index is 891. The van der Waals surface area contributed by atoms with Crippen molar-refractivity contribution in [2.24, 2.45) is 0 Å². The topological polar surface area (TPSA) is 84.0 Å². The first kappa shape index (κ1) is 17.3. The van der Waals surface area contributed by atoms with Gasteiger partial charge in [-0.05, 0) is 50.2 Å². The van der Waals surface area contributed by atoms with E-state index >= 15 is 0 Å². The third-order valence-electron chi connectivity index (χ3n) is 3.68. The molecule has 6 nitrogen and oxygen atoms in total. The molecule has 130 valence electrons. The molecular formula is C20H18N4O2. The van der Waals surface area contributed by atoms with Crippen molar-refractivity contribution >= 4 is 23.5 Å². The van der Waals surface area contributed by atoms with Crippen LogP contribution < -0.4 is 10.6 Å². The molecule has 6 heteroatoms. The molecule has 0 aliphatic rings. The average Bonchev–Trinajstić information content (AvgIpc) is 2.61. The maximum Gasteiger partial charge on any atom is 0.257 e. The molecule has 1 aromatic carbocycles. The normalized spacial score (nSPS) is 10.2. The number of nitrogens with one attached hydrogen (secondary N) is 2. The van der Waals surface area contributed by atoms with Crippen molar-refractivity contribution in [2.45, 2.75) is 13.8 Å². The summed E-state index contributed by atoms with van der Waals surface area (Å²) >= 11 is 0. The summed E-state index contributed by atoms with van der Waals surface area (Å²) in [5.41, 5.74) is 2.11. The lowest BCUT2D eigenvalue weighted by atomic mass is 10.1. The number of amides is 2. The number of benzene rings is 1. The molecule has 2 aromatic heterocycles. The van der Waals surface area contributed by atoms with Gasteiger partial charge in [0.2, 0.25) is 0 Å². The number of carbonyl (C=O) groups excluding carboxylic acids is 2. The van der Waals surface area contributed by atoms with E-state index < -0.39 is 11.8 Å². The minimum absolute atomic E-state index is 0.265. The van der Waals surface area contributed by atoms with Crippen LogP contribution in [0.5, 0.6) is 0 Å². The van der Waals surface area contributed by atoms with Gasteiger partial charge in [-0.25, -0.2) is 9.97 Å². The van der Waals surface area contributed by atoms with Crippen LogP contribution in [0.2, 0.25) is 0 Å². The molecule has 3 aromatic rings. The van der Waals surface area contributed by atoms with Crippen LogP contribution in [0.15, 0.2) is 60.7 Å². The fourth-order valence-corrected chi connectivity index (χ4v) is 2.47. The number of anilines is 2. The van der Waals surface area contributed by atoms with Crippen molar-refractivity contribution < 1.29 is 9.59 Å². The van der Waals surface area contributed by atoms with Crippen molar-refractivity contribution in [3.05, 3.63) is 83.2 Å². The van der Waals surface area contributed by atoms with E-state index in [2.05, 4.69) is 20.6 Å². The lowest BCUT2D eigenvalue weighted by Gasteiger charge is -2.10. The highest BCUT2D eigenvalue weighted by atomic mass is 16.2. The van der Waals surface area contributed by atoms with Crippen LogP contribution in [0.25, 0.3) is 0 Å². The minimum atomic E-state index is -0.397. The van der Waals surface area contributed by atoms with Gasteiger partial charge in [-0.15, -0.1) is 0 Å². The van der Waals surface area contributed by atoms with Crippen LogP contribution in [-0.4, -0.2) is 21.8 Å². The van der Waals surface area contributed by atoms with E-state index in [4.69, 9.17) is 0 Å². The molecule has 0 radical (unpaired) electrons. The number of hydrogen-bond donors (Lipinski definition) is 2. The number of aromatic nitrogens is 2. The number of pyridine rings is 2. The minimum Gasteiger partial charge on any atom is -0.307 e. The summed E-state index contributed by atoms with van der Waals surface area (Å²) in [5, 5.41) is 5.44. The van der Waals surface area contributed by atoms with Gasteiger partial charge < -0.3 is 10.6 Å². The van der Waals surface area contributed by atoms with Crippen molar-refractivity contribution in [1.29, 1.82) is 0 Å². The Morgan fingerprint density at radius 3 is 1.46 bits per heavy atom. The van der Waals surface area contributed by atoms with Crippen LogP contribution in [0, 0.1) is 13.8 Å². The SMILES string of the molecule is Cc1cccc(NC(=O)c2ccccc2C(=O)Nc2cccc(C)n2)n1. The first-order valence-corrected chi connectivity index (χ1v) is 8.12. The number of hydrogen-bond acceptors (Lipinski definition) is 4. The largest absolute Gasteiger partial charge is 0.307 e. The second kappa shape index (κ2) is 7.57. The van der Waals surface area contributed by atoms with E-state index in [1.807, 2.05) is 26.0 Å². The number of aryl methyl sites for hydroxylation is 2. The Balaban J connectivity index is 1.83. The van der Waals surface area contributed by atoms with Gasteiger partial charge in [-0.3, -0.25) is 9.59 Å². The van der Waals surface area contributed by atoms with Gasteiger partial charge in [0.05, 0.1) is 11.1 Å². The van der Waals surface area contributed by atoms with Gasteiger partial charge in [-0.2, -0.15) is 0 Å². The third-order valence-corrected chi connectivity index (χ3v) is 3.68. The van der Waals surface area contributed by atoms with Crippen molar-refractivity contribution in [3.63, 3.8) is 0 Å². The molecular weight excluding hydrogens is 328 g/mol. The lowest BCUT2D eigenvalue weighted by Crippen LogP contribution is -2.21. The Labute approximate surface area is 151 Å². The molecule has 26 heavy (non-hydrogen) atoms. The Morgan fingerprint density at radius 1 is 0.654 bits per heavy atom. The fraction of sp³-hybridized carbons (Fsp3) is 0.100. The molecule has 0 saturated heterocycles. The highest BCUT2D eigenvalue weighted by Crippen LogP contribution is 2.14. The molecule has 3 rings (SSSR count). The average molecular weight is 346 g/mol. The molecule has 2 N–H and O–H groups in total. The van der Waals surface area contributed by atoms with Crippen LogP contribution >= 0.6 is 0 Å². The summed E-state index contributed by atoms with van der Waals surface area (Å²) in [4.78, 5) is 33.7. The number of carbonyl (C=O) groups is 2. The van der Waals surface area contributed by atoms with Gasteiger partial charge in [0.1, 0.15) is 11.6 Å². The van der Waals surface area contributed by atoms with Crippen molar-refractivity contribution in [3.8, 4) is 0 Å². The van der Waals surface area contributed by atoms with Gasteiger partial charge >= 0.3 is 0 Å². The van der Waals surface area contributed by atoms with E-state index in [9.17, 15) is 9.59 Å². The summed E-state index contributed by atoms with van der Waals surface area (Å²) in [6.07, 6.45) is 0. The zero-order valence-corrected chi connectivity index (χ0v) is 14.5. The summed E-state index contributed by atoms with van der Waals surface area (Å²) < 4.78 is 0. The van der Waals surface area contributed by atoms with Gasteiger partial charge in [-0.1, -0.05) is 24.3 Å². The quantitative estimate of drug-likeness (QED) is 0.756. The van der Waals surface area contributed by atoms with Crippen molar-refractivity contribution in [2.75, 3.05) is 10.6 Å². The first-order valence-electron chi connectivity index (χ1n) is 8.12. The molecule has 0 fully saturated rings. The fourth-order valence-electron chi connectivity index (χ4n) is 2.47. The lowest BCUT2D eigenvalue weighted by molar-refractivity contribution is 0.0990. The Kier molecular flexibility index (Phi) is 5.03. The summed E-state index contributed by atoms with van der Waals surface area (Å²) in [5.74, 6) is 0.0771. The van der Waals surface area contributed by atoms with E-state index in [-0.39, 0.29) is 11.1 Å².